The second-order valence-electron chi connectivity index (χ2n) is 8.91. The van der Waals surface area contributed by atoms with Gasteiger partial charge in [0.25, 0.3) is 0 Å². The van der Waals surface area contributed by atoms with E-state index < -0.39 is 36.5 Å². The summed E-state index contributed by atoms with van der Waals surface area (Å²) in [5, 5.41) is 3.20. The van der Waals surface area contributed by atoms with Gasteiger partial charge in [-0.05, 0) is 24.7 Å². The van der Waals surface area contributed by atoms with E-state index in [0.29, 0.717) is 17.8 Å². The molecule has 1 saturated heterocycles. The molecule has 196 valence electrons. The molecule has 1 rings (SSSR count). The minimum absolute atomic E-state index is 0.0602. The lowest BCUT2D eigenvalue weighted by Gasteiger charge is -2.43. The van der Waals surface area contributed by atoms with Gasteiger partial charge < -0.3 is 29.0 Å². The normalized spacial score (nSPS) is 27.1. The summed E-state index contributed by atoms with van der Waals surface area (Å²) in [5.41, 5.74) is 0. The standard InChI is InChI=1S/C24H41NO8S/c1-9-20(31-17(7)27)23(32-18(8)28)19(25-22(34)10-2)11-30-24-15(5)13(3)14(4)21(33-24)12-29-16(6)26/h13-15,19-21,23-24H,9-12H2,1-8H3,(H,25,34)/t13?,14?,15?,19-,20+,21?,23-,24?/m0/s1. The van der Waals surface area contributed by atoms with Gasteiger partial charge in [-0.15, -0.1) is 0 Å². The average Bonchev–Trinajstić information content (AvgIpc) is 2.77. The first-order valence-corrected chi connectivity index (χ1v) is 12.4. The number of carbonyl (C=O) groups excluding carboxylic acids is 3. The molecule has 0 aromatic carbocycles. The Labute approximate surface area is 208 Å². The predicted molar refractivity (Wildman–Crippen MR) is 130 cm³/mol. The van der Waals surface area contributed by atoms with Gasteiger partial charge in [-0.25, -0.2) is 0 Å². The fourth-order valence-corrected chi connectivity index (χ4v) is 4.15. The Morgan fingerprint density at radius 2 is 1.56 bits per heavy atom. The smallest absolute Gasteiger partial charge is 0.303 e. The van der Waals surface area contributed by atoms with Crippen molar-refractivity contribution >= 4 is 35.1 Å². The molecular formula is C24H41NO8S. The summed E-state index contributed by atoms with van der Waals surface area (Å²) in [6.45, 7) is 14.2. The summed E-state index contributed by atoms with van der Waals surface area (Å²) >= 11 is 5.39. The van der Waals surface area contributed by atoms with Crippen molar-refractivity contribution in [2.24, 2.45) is 17.8 Å². The van der Waals surface area contributed by atoms with E-state index in [4.69, 9.17) is 35.9 Å². The van der Waals surface area contributed by atoms with E-state index in [1.807, 2.05) is 20.8 Å². The van der Waals surface area contributed by atoms with Gasteiger partial charge in [-0.1, -0.05) is 46.8 Å². The van der Waals surface area contributed by atoms with Crippen molar-refractivity contribution in [3.05, 3.63) is 0 Å². The first kappa shape index (κ1) is 30.3. The monoisotopic (exact) mass is 503 g/mol. The zero-order valence-corrected chi connectivity index (χ0v) is 22.4. The maximum Gasteiger partial charge on any atom is 0.303 e. The number of nitrogens with one attached hydrogen (secondary N) is 1. The Kier molecular flexibility index (Phi) is 13.0. The maximum absolute atomic E-state index is 11.9. The molecule has 10 heteroatoms. The van der Waals surface area contributed by atoms with Crippen molar-refractivity contribution in [3.8, 4) is 0 Å². The molecule has 1 heterocycles. The molecule has 5 unspecified atom stereocenters. The van der Waals surface area contributed by atoms with E-state index >= 15 is 0 Å². The first-order valence-electron chi connectivity index (χ1n) is 11.9. The van der Waals surface area contributed by atoms with Gasteiger partial charge in [0.05, 0.1) is 23.7 Å². The zero-order chi connectivity index (χ0) is 26.0. The van der Waals surface area contributed by atoms with Crippen molar-refractivity contribution in [1.29, 1.82) is 0 Å². The Bertz CT molecular complexity index is 702. The summed E-state index contributed by atoms with van der Waals surface area (Å²) in [5.74, 6) is -0.866. The summed E-state index contributed by atoms with van der Waals surface area (Å²) in [6.07, 6.45) is -1.36. The molecule has 8 atom stereocenters. The molecule has 0 radical (unpaired) electrons. The quantitative estimate of drug-likeness (QED) is 0.242. The minimum Gasteiger partial charge on any atom is -0.463 e. The van der Waals surface area contributed by atoms with Crippen LogP contribution in [0.5, 0.6) is 0 Å². The van der Waals surface area contributed by atoms with E-state index in [0.717, 1.165) is 0 Å². The van der Waals surface area contributed by atoms with Crippen LogP contribution in [0.2, 0.25) is 0 Å². The Hall–Kier alpha value is -1.78. The van der Waals surface area contributed by atoms with Crippen LogP contribution in [-0.4, -0.2) is 66.8 Å². The van der Waals surface area contributed by atoms with Gasteiger partial charge >= 0.3 is 17.9 Å². The van der Waals surface area contributed by atoms with Crippen molar-refractivity contribution in [3.63, 3.8) is 0 Å². The highest BCUT2D eigenvalue weighted by molar-refractivity contribution is 7.80. The van der Waals surface area contributed by atoms with Crippen molar-refractivity contribution in [2.45, 2.75) is 98.9 Å². The highest BCUT2D eigenvalue weighted by Gasteiger charge is 2.41. The van der Waals surface area contributed by atoms with E-state index in [-0.39, 0.29) is 43.0 Å². The second-order valence-corrected chi connectivity index (χ2v) is 9.41. The molecule has 34 heavy (non-hydrogen) atoms. The third kappa shape index (κ3) is 9.46. The lowest BCUT2D eigenvalue weighted by Crippen LogP contribution is -2.55. The summed E-state index contributed by atoms with van der Waals surface area (Å²) in [4.78, 5) is 35.4. The molecule has 1 aliphatic rings. The predicted octanol–water partition coefficient (Wildman–Crippen LogP) is 3.17. The molecule has 0 bridgehead atoms. The topological polar surface area (TPSA) is 109 Å². The van der Waals surface area contributed by atoms with Gasteiger partial charge in [0.15, 0.2) is 12.4 Å². The maximum atomic E-state index is 11.9. The summed E-state index contributed by atoms with van der Waals surface area (Å²) in [7, 11) is 0. The number of rotatable bonds is 12. The van der Waals surface area contributed by atoms with Crippen LogP contribution in [0.3, 0.4) is 0 Å². The van der Waals surface area contributed by atoms with E-state index in [9.17, 15) is 14.4 Å². The molecule has 0 aromatic rings. The highest BCUT2D eigenvalue weighted by atomic mass is 32.1. The fourth-order valence-electron chi connectivity index (χ4n) is 4.00. The number of hydrogen-bond acceptors (Lipinski definition) is 9. The molecule has 1 aliphatic heterocycles. The lowest BCUT2D eigenvalue weighted by molar-refractivity contribution is -0.259. The molecule has 9 nitrogen and oxygen atoms in total. The van der Waals surface area contributed by atoms with Gasteiger partial charge in [0.2, 0.25) is 0 Å². The van der Waals surface area contributed by atoms with Crippen molar-refractivity contribution in [2.75, 3.05) is 13.2 Å². The van der Waals surface area contributed by atoms with Crippen molar-refractivity contribution < 1.29 is 38.1 Å². The molecular weight excluding hydrogens is 462 g/mol. The van der Waals surface area contributed by atoms with Crippen LogP contribution < -0.4 is 5.32 Å². The second kappa shape index (κ2) is 14.6. The van der Waals surface area contributed by atoms with Crippen LogP contribution in [0.1, 0.15) is 68.2 Å². The molecule has 0 saturated carbocycles. The lowest BCUT2D eigenvalue weighted by atomic mass is 9.79. The fraction of sp³-hybridized carbons (Fsp3) is 0.833. The summed E-state index contributed by atoms with van der Waals surface area (Å²) in [6, 6.07) is -0.571. The third-order valence-corrected chi connectivity index (χ3v) is 6.73. The van der Waals surface area contributed by atoms with E-state index in [2.05, 4.69) is 19.2 Å². The average molecular weight is 504 g/mol. The van der Waals surface area contributed by atoms with Crippen LogP contribution in [0, 0.1) is 17.8 Å². The minimum atomic E-state index is -0.817. The molecule has 0 aromatic heterocycles. The van der Waals surface area contributed by atoms with Gasteiger partial charge in [-0.3, -0.25) is 14.4 Å². The first-order chi connectivity index (χ1) is 15.9. The zero-order valence-electron chi connectivity index (χ0n) is 21.6. The summed E-state index contributed by atoms with van der Waals surface area (Å²) < 4.78 is 28.6. The number of ether oxygens (including phenoxy) is 5. The number of carbonyl (C=O) groups is 3. The number of esters is 3. The van der Waals surface area contributed by atoms with Crippen LogP contribution in [0.4, 0.5) is 0 Å². The van der Waals surface area contributed by atoms with Gasteiger partial charge in [0, 0.05) is 26.7 Å². The Morgan fingerprint density at radius 3 is 2.06 bits per heavy atom. The molecule has 0 spiro atoms. The molecule has 0 amide bonds. The third-order valence-electron chi connectivity index (χ3n) is 6.33. The Balaban J connectivity index is 3.09. The van der Waals surface area contributed by atoms with Gasteiger partial charge in [0.1, 0.15) is 12.7 Å². The SMILES string of the molecule is CCC(=S)N[C@@H](COC1OC(COC(C)=O)C(C)C(C)C1C)[C@H](OC(C)=O)[C@@H](CC)OC(C)=O. The molecule has 1 fully saturated rings. The van der Waals surface area contributed by atoms with E-state index in [1.54, 1.807) is 0 Å². The van der Waals surface area contributed by atoms with Crippen LogP contribution in [-0.2, 0) is 38.1 Å². The Morgan fingerprint density at radius 1 is 0.941 bits per heavy atom. The molecule has 1 N–H and O–H groups in total. The van der Waals surface area contributed by atoms with Gasteiger partial charge in [-0.2, -0.15) is 0 Å². The number of thiocarbonyl (C=S) groups is 1. The van der Waals surface area contributed by atoms with Crippen molar-refractivity contribution in [1.82, 2.24) is 5.32 Å². The largest absolute Gasteiger partial charge is 0.463 e. The highest BCUT2D eigenvalue weighted by Crippen LogP contribution is 2.35. The van der Waals surface area contributed by atoms with Crippen LogP contribution in [0.25, 0.3) is 0 Å². The molecule has 0 aliphatic carbocycles. The number of hydrogen-bond donors (Lipinski definition) is 1. The van der Waals surface area contributed by atoms with Crippen LogP contribution in [0.15, 0.2) is 0 Å². The van der Waals surface area contributed by atoms with Crippen LogP contribution >= 0.6 is 12.2 Å². The van der Waals surface area contributed by atoms with E-state index in [1.165, 1.54) is 20.8 Å².